The Kier molecular flexibility index (Phi) is 6.95. The van der Waals surface area contributed by atoms with Gasteiger partial charge >= 0.3 is 0 Å². The monoisotopic (exact) mass is 523 g/mol. The molecule has 0 N–H and O–H groups in total. The van der Waals surface area contributed by atoms with E-state index in [1.807, 2.05) is 24.3 Å². The summed E-state index contributed by atoms with van der Waals surface area (Å²) in [5.74, 6) is 0.325. The zero-order valence-corrected chi connectivity index (χ0v) is 18.1. The van der Waals surface area contributed by atoms with Crippen LogP contribution >= 0.6 is 45.8 Å². The summed E-state index contributed by atoms with van der Waals surface area (Å²) >= 11 is 14.2. The second-order valence-corrected chi connectivity index (χ2v) is 7.90. The van der Waals surface area contributed by atoms with Crippen LogP contribution < -0.4 is 4.74 Å². The predicted octanol–water partition coefficient (Wildman–Crippen LogP) is 7.38. The molecule has 3 aromatic carbocycles. The second kappa shape index (κ2) is 9.42. The Morgan fingerprint density at radius 2 is 1.93 bits per heavy atom. The first-order chi connectivity index (χ1) is 13.5. The van der Waals surface area contributed by atoms with E-state index in [2.05, 4.69) is 28.7 Å². The van der Waals surface area contributed by atoms with Crippen molar-refractivity contribution >= 4 is 57.4 Å². The molecule has 0 fully saturated rings. The van der Waals surface area contributed by atoms with Crippen LogP contribution in [0.25, 0.3) is 11.6 Å². The molecule has 0 saturated heterocycles. The molecule has 0 aliphatic heterocycles. The fraction of sp³-hybridized carbons (Fsp3) is 0.0455. The Balaban J connectivity index is 1.79. The third kappa shape index (κ3) is 5.26. The average Bonchev–Trinajstić information content (AvgIpc) is 2.66. The molecule has 0 saturated carbocycles. The molecule has 0 aromatic heterocycles. The summed E-state index contributed by atoms with van der Waals surface area (Å²) in [6.07, 6.45) is 1.72. The minimum atomic E-state index is -0.377. The third-order valence-corrected chi connectivity index (χ3v) is 5.35. The Morgan fingerprint density at radius 3 is 2.61 bits per heavy atom. The van der Waals surface area contributed by atoms with E-state index in [9.17, 15) is 9.65 Å². The number of benzene rings is 3. The molecule has 0 aliphatic rings. The number of ether oxygens (including phenoxy) is 1. The molecule has 6 heteroatoms. The van der Waals surface area contributed by atoms with Crippen molar-refractivity contribution in [1.29, 1.82) is 5.26 Å². The van der Waals surface area contributed by atoms with Crippen molar-refractivity contribution in [1.82, 2.24) is 0 Å². The Morgan fingerprint density at radius 1 is 1.11 bits per heavy atom. The Bertz CT molecular complexity index is 1090. The quantitative estimate of drug-likeness (QED) is 0.198. The maximum absolute atomic E-state index is 13.4. The van der Waals surface area contributed by atoms with Crippen molar-refractivity contribution in [2.75, 3.05) is 0 Å². The summed E-state index contributed by atoms with van der Waals surface area (Å²) in [4.78, 5) is 0. The smallest absolute Gasteiger partial charge is 0.133 e. The standard InChI is InChI=1S/C22H13Cl2FINO/c23-18-6-5-16(20(24)11-18)13-28-22-7-4-14(9-21(22)26)8-17(12-27)15-2-1-3-19(25)10-15/h1-11H,13H2/b17-8-. The number of rotatable bonds is 5. The largest absolute Gasteiger partial charge is 0.488 e. The molecule has 140 valence electrons. The molecule has 0 unspecified atom stereocenters. The average molecular weight is 524 g/mol. The van der Waals surface area contributed by atoms with Crippen LogP contribution in [0, 0.1) is 20.7 Å². The van der Waals surface area contributed by atoms with Crippen molar-refractivity contribution in [3.8, 4) is 11.8 Å². The van der Waals surface area contributed by atoms with Gasteiger partial charge in [0.1, 0.15) is 18.2 Å². The fourth-order valence-corrected chi connectivity index (χ4v) is 3.68. The summed E-state index contributed by atoms with van der Waals surface area (Å²) < 4.78 is 20.2. The van der Waals surface area contributed by atoms with Gasteiger partial charge in [-0.25, -0.2) is 4.39 Å². The van der Waals surface area contributed by atoms with Gasteiger partial charge in [-0.1, -0.05) is 47.5 Å². The fourth-order valence-electron chi connectivity index (χ4n) is 2.52. The minimum absolute atomic E-state index is 0.313. The molecule has 0 aliphatic carbocycles. The zero-order chi connectivity index (χ0) is 20.1. The van der Waals surface area contributed by atoms with E-state index in [-0.39, 0.29) is 5.82 Å². The van der Waals surface area contributed by atoms with Crippen LogP contribution in [0.5, 0.6) is 5.75 Å². The number of nitriles is 1. The SMILES string of the molecule is N#C/C(=C/c1ccc(OCc2ccc(Cl)cc2Cl)c(I)c1)c1cccc(F)c1. The lowest BCUT2D eigenvalue weighted by Crippen LogP contribution is -1.98. The van der Waals surface area contributed by atoms with Crippen LogP contribution in [-0.2, 0) is 6.61 Å². The van der Waals surface area contributed by atoms with Crippen molar-refractivity contribution < 1.29 is 9.13 Å². The van der Waals surface area contributed by atoms with E-state index in [1.165, 1.54) is 12.1 Å². The molecule has 0 heterocycles. The van der Waals surface area contributed by atoms with E-state index in [4.69, 9.17) is 27.9 Å². The summed E-state index contributed by atoms with van der Waals surface area (Å²) in [5.41, 5.74) is 2.58. The van der Waals surface area contributed by atoms with Gasteiger partial charge < -0.3 is 4.74 Å². The number of halogens is 4. The molecule has 0 amide bonds. The van der Waals surface area contributed by atoms with Crippen molar-refractivity contribution in [2.24, 2.45) is 0 Å². The van der Waals surface area contributed by atoms with E-state index in [1.54, 1.807) is 30.3 Å². The van der Waals surface area contributed by atoms with Crippen molar-refractivity contribution in [3.05, 3.63) is 96.8 Å². The zero-order valence-electron chi connectivity index (χ0n) is 14.4. The highest BCUT2D eigenvalue weighted by Crippen LogP contribution is 2.27. The highest BCUT2D eigenvalue weighted by molar-refractivity contribution is 14.1. The topological polar surface area (TPSA) is 33.0 Å². The Hall–Kier alpha value is -2.07. The summed E-state index contributed by atoms with van der Waals surface area (Å²) in [6, 6.07) is 18.9. The van der Waals surface area contributed by atoms with Gasteiger partial charge in [-0.3, -0.25) is 0 Å². The van der Waals surface area contributed by atoms with Gasteiger partial charge in [-0.15, -0.1) is 0 Å². The first kappa shape index (κ1) is 20.7. The molecular weight excluding hydrogens is 511 g/mol. The normalized spacial score (nSPS) is 11.2. The van der Waals surface area contributed by atoms with E-state index < -0.39 is 0 Å². The molecule has 0 spiro atoms. The van der Waals surface area contributed by atoms with Crippen LogP contribution in [-0.4, -0.2) is 0 Å². The van der Waals surface area contributed by atoms with Crippen LogP contribution in [0.15, 0.2) is 60.7 Å². The molecule has 0 atom stereocenters. The van der Waals surface area contributed by atoms with Crippen LogP contribution in [0.2, 0.25) is 10.0 Å². The highest BCUT2D eigenvalue weighted by Gasteiger charge is 2.07. The lowest BCUT2D eigenvalue weighted by molar-refractivity contribution is 0.304. The van der Waals surface area contributed by atoms with Crippen LogP contribution in [0.1, 0.15) is 16.7 Å². The summed E-state index contributed by atoms with van der Waals surface area (Å²) in [7, 11) is 0. The lowest BCUT2D eigenvalue weighted by Gasteiger charge is -2.10. The number of nitrogens with zero attached hydrogens (tertiary/aromatic N) is 1. The van der Waals surface area contributed by atoms with Gasteiger partial charge in [0.25, 0.3) is 0 Å². The molecular formula is C22H13Cl2FINO. The van der Waals surface area contributed by atoms with Gasteiger partial charge in [-0.2, -0.15) is 5.26 Å². The minimum Gasteiger partial charge on any atom is -0.488 e. The second-order valence-electron chi connectivity index (χ2n) is 5.89. The van der Waals surface area contributed by atoms with Crippen molar-refractivity contribution in [2.45, 2.75) is 6.61 Å². The van der Waals surface area contributed by atoms with Gasteiger partial charge in [0.15, 0.2) is 0 Å². The molecule has 0 bridgehead atoms. The number of hydrogen-bond donors (Lipinski definition) is 0. The predicted molar refractivity (Wildman–Crippen MR) is 120 cm³/mol. The molecule has 2 nitrogen and oxygen atoms in total. The molecule has 3 rings (SSSR count). The number of allylic oxidation sites excluding steroid dienone is 1. The lowest BCUT2D eigenvalue weighted by atomic mass is 10.0. The first-order valence-electron chi connectivity index (χ1n) is 8.20. The maximum Gasteiger partial charge on any atom is 0.133 e. The van der Waals surface area contributed by atoms with Crippen LogP contribution in [0.3, 0.4) is 0 Å². The Labute approximate surface area is 186 Å². The number of hydrogen-bond acceptors (Lipinski definition) is 2. The molecule has 3 aromatic rings. The molecule has 28 heavy (non-hydrogen) atoms. The summed E-state index contributed by atoms with van der Waals surface area (Å²) in [6.45, 7) is 0.313. The van der Waals surface area contributed by atoms with Gasteiger partial charge in [0.2, 0.25) is 0 Å². The highest BCUT2D eigenvalue weighted by atomic mass is 127. The van der Waals surface area contributed by atoms with Gasteiger partial charge in [0.05, 0.1) is 15.2 Å². The molecule has 0 radical (unpaired) electrons. The van der Waals surface area contributed by atoms with E-state index >= 15 is 0 Å². The van der Waals surface area contributed by atoms with Gasteiger partial charge in [0, 0.05) is 15.6 Å². The van der Waals surface area contributed by atoms with E-state index in [0.29, 0.717) is 33.5 Å². The van der Waals surface area contributed by atoms with Crippen molar-refractivity contribution in [3.63, 3.8) is 0 Å². The summed E-state index contributed by atoms with van der Waals surface area (Å²) in [5, 5.41) is 10.5. The van der Waals surface area contributed by atoms with Gasteiger partial charge in [-0.05, 0) is 76.2 Å². The maximum atomic E-state index is 13.4. The first-order valence-corrected chi connectivity index (χ1v) is 10.0. The van der Waals surface area contributed by atoms with E-state index in [0.717, 1.165) is 14.7 Å². The third-order valence-electron chi connectivity index (χ3n) is 3.92. The van der Waals surface area contributed by atoms with Crippen LogP contribution in [0.4, 0.5) is 4.39 Å².